The number of phenolic OH excluding ortho intramolecular Hbond substituents is 11. The third-order valence-electron chi connectivity index (χ3n) is 14.6. The molecule has 6 saturated heterocycles. The van der Waals surface area contributed by atoms with Gasteiger partial charge in [0.1, 0.15) is 48.8 Å². The molecule has 4 aromatic rings. The van der Waals surface area contributed by atoms with E-state index < -0.39 is 235 Å². The number of aliphatic hydroxyl groups excluding tert-OH is 2. The molecular formula is C45H36O29. The van der Waals surface area contributed by atoms with Crippen LogP contribution in [0.15, 0.2) is 30.3 Å². The van der Waals surface area contributed by atoms with Gasteiger partial charge < -0.3 is 124 Å². The number of benzene rings is 4. The number of hydrogen-bond acceptors (Lipinski definition) is 29. The van der Waals surface area contributed by atoms with E-state index >= 15 is 9.59 Å². The lowest BCUT2D eigenvalue weighted by Gasteiger charge is -2.71. The van der Waals surface area contributed by atoms with Gasteiger partial charge in [0.05, 0.1) is 34.8 Å². The predicted octanol–water partition coefficient (Wildman–Crippen LogP) is -1.74. The Hall–Kier alpha value is -8.00. The van der Waals surface area contributed by atoms with E-state index in [-0.39, 0.29) is 0 Å². The molecule has 74 heavy (non-hydrogen) atoms. The second-order valence-corrected chi connectivity index (χ2v) is 18.5. The van der Waals surface area contributed by atoms with Crippen molar-refractivity contribution in [3.8, 4) is 80.1 Å². The first-order valence-electron chi connectivity index (χ1n) is 21.9. The Kier molecular flexibility index (Phi) is 9.57. The summed E-state index contributed by atoms with van der Waals surface area (Å²) in [5.41, 5.74) is -9.03. The first kappa shape index (κ1) is 47.0. The molecule has 9 aliphatic heterocycles. The van der Waals surface area contributed by atoms with Crippen molar-refractivity contribution in [3.63, 3.8) is 0 Å². The van der Waals surface area contributed by atoms with Crippen molar-refractivity contribution in [3.05, 3.63) is 58.1 Å². The summed E-state index contributed by atoms with van der Waals surface area (Å²) in [6, 6.07) is 2.75. The van der Waals surface area contributed by atoms with Crippen LogP contribution in [0.4, 0.5) is 0 Å². The Morgan fingerprint density at radius 3 is 1.78 bits per heavy atom. The zero-order valence-corrected chi connectivity index (χ0v) is 36.7. The first-order valence-corrected chi connectivity index (χ1v) is 21.9. The number of carbonyl (C=O) groups excluding carboxylic acids is 4. The molecule has 2 spiro atoms. The van der Waals surface area contributed by atoms with Gasteiger partial charge in [-0.3, -0.25) is 0 Å². The van der Waals surface area contributed by atoms with Crippen molar-refractivity contribution >= 4 is 23.9 Å². The Morgan fingerprint density at radius 1 is 0.608 bits per heavy atom. The van der Waals surface area contributed by atoms with Crippen LogP contribution in [-0.4, -0.2) is 192 Å². The molecule has 29 heteroatoms. The van der Waals surface area contributed by atoms with Crippen molar-refractivity contribution in [1.82, 2.24) is 0 Å². The summed E-state index contributed by atoms with van der Waals surface area (Å²) < 4.78 is 60.5. The number of rotatable bonds is 2. The quantitative estimate of drug-likeness (QED) is 0.0602. The van der Waals surface area contributed by atoms with Gasteiger partial charge in [0.15, 0.2) is 57.8 Å². The highest BCUT2D eigenvalue weighted by molar-refractivity contribution is 6.08. The zero-order chi connectivity index (χ0) is 52.8. The maximum absolute atomic E-state index is 15.1. The highest BCUT2D eigenvalue weighted by Gasteiger charge is 2.90. The minimum absolute atomic E-state index is 0.428. The van der Waals surface area contributed by atoms with Crippen molar-refractivity contribution in [2.45, 2.75) is 90.4 Å². The first-order chi connectivity index (χ1) is 34.9. The molecular weight excluding hydrogens is 1000 g/mol. The average molecular weight is 1040 g/mol. The summed E-state index contributed by atoms with van der Waals surface area (Å²) in [4.78, 5) is 58.4. The minimum Gasteiger partial charge on any atom is -0.504 e. The van der Waals surface area contributed by atoms with Crippen LogP contribution in [0.3, 0.4) is 0 Å². The molecule has 29 nitrogen and oxygen atoms in total. The van der Waals surface area contributed by atoms with Crippen LogP contribution in [0.25, 0.3) is 11.1 Å². The Morgan fingerprint density at radius 2 is 1.18 bits per heavy atom. The van der Waals surface area contributed by atoms with Gasteiger partial charge in [-0.2, -0.15) is 0 Å². The van der Waals surface area contributed by atoms with Gasteiger partial charge in [0, 0.05) is 23.1 Å². The second-order valence-electron chi connectivity index (χ2n) is 18.5. The van der Waals surface area contributed by atoms with Crippen molar-refractivity contribution in [2.75, 3.05) is 13.2 Å². The highest BCUT2D eigenvalue weighted by atomic mass is 16.8. The van der Waals surface area contributed by atoms with Crippen molar-refractivity contribution in [2.24, 2.45) is 0 Å². The van der Waals surface area contributed by atoms with Crippen LogP contribution in [-0.2, 0) is 42.6 Å². The average Bonchev–Trinajstić information content (AvgIpc) is 4.00. The van der Waals surface area contributed by atoms with E-state index in [1.165, 1.54) is 0 Å². The molecule has 8 bridgehead atoms. The van der Waals surface area contributed by atoms with E-state index in [2.05, 4.69) is 0 Å². The fourth-order valence-electron chi connectivity index (χ4n) is 11.3. The molecule has 15 N–H and O–H groups in total. The smallest absolute Gasteiger partial charge is 0.340 e. The van der Waals surface area contributed by atoms with Crippen molar-refractivity contribution < 1.29 is 143 Å². The minimum atomic E-state index is -3.28. The Labute approximate surface area is 408 Å². The largest absolute Gasteiger partial charge is 0.504 e. The van der Waals surface area contributed by atoms with E-state index in [1.807, 2.05) is 0 Å². The standard InChI is InChI=1S/C45H36O29/c46-13-1-9(2-14(47)24(13)52)36(59)70-40-33-32-30(19(67-40)8-65-37(60)10-3-15(48)25(53)28(56)21(10)22-11(38(61)68-32)4-16(49)26(54)29(22)57)72-42-6-20-44(63,74-41(42)43(71-20)35(58)18(51)7-66-43)45(64)34(42)23-12(39(62)69-33)5-17(50)27(55)31(23)73-45/h1-5,18-20,30,32-35,40-41,46-58,63-64H,6-8H2/t18-,19+,20?,30+,32+,33+,34+,35+,40-,41+,42?,43+,44-,45+/m0/s1. The summed E-state index contributed by atoms with van der Waals surface area (Å²) in [7, 11) is 0. The van der Waals surface area contributed by atoms with Crippen LogP contribution < -0.4 is 4.74 Å². The molecule has 1 aliphatic carbocycles. The van der Waals surface area contributed by atoms with Crippen LogP contribution in [0.5, 0.6) is 69.0 Å². The lowest BCUT2D eigenvalue weighted by molar-refractivity contribution is -0.565. The van der Waals surface area contributed by atoms with Gasteiger partial charge in [0.25, 0.3) is 11.6 Å². The van der Waals surface area contributed by atoms with E-state index in [1.54, 1.807) is 0 Å². The zero-order valence-electron chi connectivity index (χ0n) is 36.7. The number of ether oxygens (including phenoxy) is 10. The van der Waals surface area contributed by atoms with Gasteiger partial charge in [-0.15, -0.1) is 0 Å². The predicted molar refractivity (Wildman–Crippen MR) is 222 cm³/mol. The summed E-state index contributed by atoms with van der Waals surface area (Å²) in [5.74, 6) is -32.2. The second kappa shape index (κ2) is 15.1. The number of carbonyl (C=O) groups is 4. The number of aromatic hydroxyl groups is 11. The molecule has 14 atom stereocenters. The van der Waals surface area contributed by atoms with E-state index in [9.17, 15) is 86.2 Å². The topological polar surface area (TPSA) is 464 Å². The van der Waals surface area contributed by atoms with Gasteiger partial charge >= 0.3 is 23.9 Å². The molecule has 10 aliphatic rings. The maximum atomic E-state index is 15.1. The van der Waals surface area contributed by atoms with Crippen LogP contribution in [0, 0.1) is 0 Å². The summed E-state index contributed by atoms with van der Waals surface area (Å²) in [6.07, 6.45) is -20.5. The maximum Gasteiger partial charge on any atom is 0.340 e. The lowest BCUT2D eigenvalue weighted by Crippen LogP contribution is -2.91. The van der Waals surface area contributed by atoms with Gasteiger partial charge in [0.2, 0.25) is 35.4 Å². The summed E-state index contributed by atoms with van der Waals surface area (Å²) >= 11 is 0. The molecule has 4 aromatic carbocycles. The fourth-order valence-corrected chi connectivity index (χ4v) is 11.3. The normalized spacial score (nSPS) is 36.0. The molecule has 0 radical (unpaired) electrons. The molecule has 9 heterocycles. The summed E-state index contributed by atoms with van der Waals surface area (Å²) in [5, 5.41) is 166. The molecule has 7 fully saturated rings. The van der Waals surface area contributed by atoms with Gasteiger partial charge in [-0.1, -0.05) is 0 Å². The molecule has 0 aromatic heterocycles. The molecule has 390 valence electrons. The third-order valence-corrected chi connectivity index (χ3v) is 14.6. The Bertz CT molecular complexity index is 3210. The molecule has 2 unspecified atom stereocenters. The van der Waals surface area contributed by atoms with Gasteiger partial charge in [-0.25, -0.2) is 19.2 Å². The lowest BCUT2D eigenvalue weighted by atomic mass is 9.56. The number of cyclic esters (lactones) is 1. The number of phenols is 11. The van der Waals surface area contributed by atoms with Crippen LogP contribution >= 0.6 is 0 Å². The van der Waals surface area contributed by atoms with E-state index in [0.29, 0.717) is 30.3 Å². The summed E-state index contributed by atoms with van der Waals surface area (Å²) in [6.45, 7) is -1.91. The monoisotopic (exact) mass is 1040 g/mol. The molecule has 14 rings (SSSR count). The number of esters is 4. The third kappa shape index (κ3) is 5.82. The number of hydrogen-bond donors (Lipinski definition) is 15. The highest BCUT2D eigenvalue weighted by Crippen LogP contribution is 2.73. The number of fused-ring (bicyclic) bond motifs is 3. The molecule has 0 amide bonds. The molecule has 1 saturated carbocycles. The number of aliphatic hydroxyl groups is 4. The fraction of sp³-hybridized carbons (Fsp3) is 0.378. The van der Waals surface area contributed by atoms with Gasteiger partial charge in [-0.05, 0) is 30.3 Å². The van der Waals surface area contributed by atoms with Crippen molar-refractivity contribution in [1.29, 1.82) is 0 Å². The Balaban J connectivity index is 1.12. The van der Waals surface area contributed by atoms with E-state index in [0.717, 1.165) is 0 Å². The van der Waals surface area contributed by atoms with E-state index in [4.69, 9.17) is 47.4 Å². The SMILES string of the molecule is O=C(O[C@@H]1O[C@@H]2COC(=O)c3cc(O)c(O)c(O)c3-c3c(cc(O)c(O)c3O)C(=O)O[C@H]3[C@H]1OC(=O)c1cc(O)c(O)c4c1[C@@H]1C5(CC6O[C@@]7(OC[C@H](O)[C@H]7O)[C@@H]5O[C@]6(O)[C@]1(O)O4)O[C@@H]32)c1cc(O)c(O)c(O)c1. The van der Waals surface area contributed by atoms with Crippen LogP contribution in [0.1, 0.15) is 59.3 Å². The van der Waals surface area contributed by atoms with Crippen LogP contribution in [0.2, 0.25) is 0 Å².